The summed E-state index contributed by atoms with van der Waals surface area (Å²) in [4.78, 5) is 28.1. The lowest BCUT2D eigenvalue weighted by molar-refractivity contribution is -0.140. The number of amides is 1. The molecule has 8 nitrogen and oxygen atoms in total. The Morgan fingerprint density at radius 2 is 1.63 bits per heavy atom. The summed E-state index contributed by atoms with van der Waals surface area (Å²) < 4.78 is 15.9. The van der Waals surface area contributed by atoms with Crippen LogP contribution in [0.2, 0.25) is 10.0 Å². The van der Waals surface area contributed by atoms with E-state index in [1.807, 2.05) is 0 Å². The topological polar surface area (TPSA) is 106 Å². The Morgan fingerprint density at radius 3 is 2.21 bits per heavy atom. The van der Waals surface area contributed by atoms with Crippen LogP contribution >= 0.6 is 23.2 Å². The van der Waals surface area contributed by atoms with E-state index in [0.29, 0.717) is 11.3 Å². The normalized spacial score (nSPS) is 16.6. The number of benzene rings is 3. The Morgan fingerprint density at radius 1 is 0.974 bits per heavy atom. The number of hydrogen-bond donors (Lipinski definition) is 2. The molecule has 1 heterocycles. The second-order valence-corrected chi connectivity index (χ2v) is 9.22. The van der Waals surface area contributed by atoms with Crippen LogP contribution in [0.5, 0.6) is 23.0 Å². The number of carbonyl (C=O) groups excluding carboxylic acids is 2. The minimum absolute atomic E-state index is 0.0605. The van der Waals surface area contributed by atoms with Crippen LogP contribution in [0, 0.1) is 0 Å². The summed E-state index contributed by atoms with van der Waals surface area (Å²) in [6.45, 7) is 2.11. The molecule has 0 spiro atoms. The van der Waals surface area contributed by atoms with E-state index in [2.05, 4.69) is 0 Å². The van der Waals surface area contributed by atoms with Crippen molar-refractivity contribution in [1.82, 2.24) is 4.90 Å². The number of aromatic hydroxyl groups is 1. The molecule has 10 heteroatoms. The maximum atomic E-state index is 13.4. The number of methoxy groups -OCH3 is 2. The molecule has 1 atom stereocenters. The summed E-state index contributed by atoms with van der Waals surface area (Å²) in [6, 6.07) is 13.4. The molecule has 1 amide bonds. The Kier molecular flexibility index (Phi) is 8.04. The molecule has 4 rings (SSSR count). The lowest BCUT2D eigenvalue weighted by Gasteiger charge is -2.26. The average molecular weight is 558 g/mol. The van der Waals surface area contributed by atoms with Crippen molar-refractivity contribution >= 4 is 40.7 Å². The van der Waals surface area contributed by atoms with Gasteiger partial charge in [0.05, 0.1) is 42.5 Å². The van der Waals surface area contributed by atoms with E-state index >= 15 is 0 Å². The van der Waals surface area contributed by atoms with Gasteiger partial charge in [-0.05, 0) is 54.4 Å². The maximum Gasteiger partial charge on any atom is 0.295 e. The number of aliphatic hydroxyl groups is 1. The van der Waals surface area contributed by atoms with Gasteiger partial charge in [0, 0.05) is 12.1 Å². The van der Waals surface area contributed by atoms with Crippen molar-refractivity contribution < 1.29 is 34.0 Å². The monoisotopic (exact) mass is 557 g/mol. The first-order chi connectivity index (χ1) is 18.2. The average Bonchev–Trinajstić information content (AvgIpc) is 3.15. The molecule has 198 valence electrons. The summed E-state index contributed by atoms with van der Waals surface area (Å²) in [7, 11) is 2.95. The highest BCUT2D eigenvalue weighted by Gasteiger charge is 2.46. The van der Waals surface area contributed by atoms with Gasteiger partial charge in [0.15, 0.2) is 17.2 Å². The van der Waals surface area contributed by atoms with Crippen molar-refractivity contribution in [3.63, 3.8) is 0 Å². The fraction of sp³-hybridized carbons (Fsp3) is 0.214. The van der Waals surface area contributed by atoms with Crippen LogP contribution < -0.4 is 14.2 Å². The van der Waals surface area contributed by atoms with Gasteiger partial charge < -0.3 is 29.3 Å². The third-order valence-corrected chi connectivity index (χ3v) is 6.69. The summed E-state index contributed by atoms with van der Waals surface area (Å²) >= 11 is 12.6. The zero-order valence-electron chi connectivity index (χ0n) is 20.8. The third-order valence-electron chi connectivity index (χ3n) is 6.13. The molecule has 0 aliphatic carbocycles. The van der Waals surface area contributed by atoms with Gasteiger partial charge in [-0.25, -0.2) is 0 Å². The number of nitrogens with zero attached hydrogens (tertiary/aromatic N) is 1. The predicted octanol–water partition coefficient (Wildman–Crippen LogP) is 5.74. The number of ketones is 1. The largest absolute Gasteiger partial charge is 0.507 e. The minimum atomic E-state index is -1.00. The van der Waals surface area contributed by atoms with Crippen molar-refractivity contribution in [2.75, 3.05) is 20.8 Å². The molecular weight excluding hydrogens is 533 g/mol. The first-order valence-corrected chi connectivity index (χ1v) is 12.4. The van der Waals surface area contributed by atoms with E-state index in [1.165, 1.54) is 36.3 Å². The Bertz CT molecular complexity index is 1400. The molecular formula is C28H25Cl2NO7. The number of Topliss-reactive ketones (excluding diaryl/α,β-unsaturated/α-hetero) is 1. The number of rotatable bonds is 8. The molecule has 0 bridgehead atoms. The van der Waals surface area contributed by atoms with E-state index in [1.54, 1.807) is 44.4 Å². The lowest BCUT2D eigenvalue weighted by Crippen LogP contribution is -2.29. The number of aliphatic hydroxyl groups excluding tert-OH is 1. The van der Waals surface area contributed by atoms with Gasteiger partial charge in [0.25, 0.3) is 11.7 Å². The predicted molar refractivity (Wildman–Crippen MR) is 143 cm³/mol. The molecule has 1 aliphatic heterocycles. The number of carbonyl (C=O) groups is 2. The summed E-state index contributed by atoms with van der Waals surface area (Å²) in [5.41, 5.74) is 1.16. The summed E-state index contributed by atoms with van der Waals surface area (Å²) in [6.07, 6.45) is 0. The van der Waals surface area contributed by atoms with E-state index in [0.717, 1.165) is 5.56 Å². The van der Waals surface area contributed by atoms with Crippen molar-refractivity contribution in [1.29, 1.82) is 0 Å². The lowest BCUT2D eigenvalue weighted by atomic mass is 9.94. The van der Waals surface area contributed by atoms with Gasteiger partial charge in [-0.3, -0.25) is 9.59 Å². The zero-order valence-corrected chi connectivity index (χ0v) is 22.3. The van der Waals surface area contributed by atoms with Crippen LogP contribution in [-0.2, 0) is 16.1 Å². The Labute approximate surface area is 229 Å². The van der Waals surface area contributed by atoms with E-state index < -0.39 is 23.5 Å². The molecule has 1 fully saturated rings. The van der Waals surface area contributed by atoms with E-state index in [9.17, 15) is 19.8 Å². The molecule has 1 unspecified atom stereocenters. The van der Waals surface area contributed by atoms with Gasteiger partial charge >= 0.3 is 0 Å². The number of likely N-dealkylation sites (tertiary alicyclic amines) is 1. The van der Waals surface area contributed by atoms with Gasteiger partial charge in [-0.1, -0.05) is 41.4 Å². The first kappa shape index (κ1) is 27.2. The van der Waals surface area contributed by atoms with E-state index in [4.69, 9.17) is 37.4 Å². The standard InChI is InChI=1S/C28H25Cl2NO7/c1-4-38-22-13-16(7-10-21(22)32)24-23(25(33)17-11-19(29)27(37-3)20(30)12-17)26(34)28(35)31(24)14-15-5-8-18(36-2)9-6-15/h5-13,24,32-33H,4,14H2,1-3H3/b25-23+. The van der Waals surface area contributed by atoms with Crippen molar-refractivity contribution in [3.8, 4) is 23.0 Å². The zero-order chi connectivity index (χ0) is 27.6. The quantitative estimate of drug-likeness (QED) is 0.207. The number of hydrogen-bond acceptors (Lipinski definition) is 7. The van der Waals surface area contributed by atoms with Crippen molar-refractivity contribution in [2.24, 2.45) is 0 Å². The van der Waals surface area contributed by atoms with Crippen LogP contribution in [0.25, 0.3) is 5.76 Å². The van der Waals surface area contributed by atoms with Crippen LogP contribution in [-0.4, -0.2) is 47.6 Å². The third kappa shape index (κ3) is 5.10. The van der Waals surface area contributed by atoms with Crippen LogP contribution in [0.1, 0.15) is 29.7 Å². The molecule has 1 saturated heterocycles. The Hall–Kier alpha value is -3.88. The van der Waals surface area contributed by atoms with Gasteiger partial charge in [-0.15, -0.1) is 0 Å². The van der Waals surface area contributed by atoms with Crippen LogP contribution in [0.3, 0.4) is 0 Å². The van der Waals surface area contributed by atoms with Crippen molar-refractivity contribution in [2.45, 2.75) is 19.5 Å². The van der Waals surface area contributed by atoms with E-state index in [-0.39, 0.29) is 51.6 Å². The molecule has 0 saturated carbocycles. The van der Waals surface area contributed by atoms with Gasteiger partial charge in [-0.2, -0.15) is 0 Å². The van der Waals surface area contributed by atoms with Crippen LogP contribution in [0.15, 0.2) is 60.2 Å². The molecule has 3 aromatic rings. The molecule has 38 heavy (non-hydrogen) atoms. The molecule has 2 N–H and O–H groups in total. The van der Waals surface area contributed by atoms with Crippen molar-refractivity contribution in [3.05, 3.63) is 86.9 Å². The summed E-state index contributed by atoms with van der Waals surface area (Å²) in [5, 5.41) is 21.8. The fourth-order valence-electron chi connectivity index (χ4n) is 4.34. The number of ether oxygens (including phenoxy) is 3. The minimum Gasteiger partial charge on any atom is -0.507 e. The molecule has 3 aromatic carbocycles. The number of halogens is 2. The highest BCUT2D eigenvalue weighted by molar-refractivity contribution is 6.46. The summed E-state index contributed by atoms with van der Waals surface area (Å²) in [5.74, 6) is -1.21. The Balaban J connectivity index is 1.89. The van der Waals surface area contributed by atoms with Gasteiger partial charge in [0.2, 0.25) is 0 Å². The number of phenolic OH excluding ortho intramolecular Hbond substituents is 1. The fourth-order valence-corrected chi connectivity index (χ4v) is 4.98. The highest BCUT2D eigenvalue weighted by atomic mass is 35.5. The molecule has 0 aromatic heterocycles. The second kappa shape index (κ2) is 11.2. The molecule has 0 radical (unpaired) electrons. The number of phenols is 1. The van der Waals surface area contributed by atoms with Gasteiger partial charge in [0.1, 0.15) is 11.5 Å². The maximum absolute atomic E-state index is 13.4. The highest BCUT2D eigenvalue weighted by Crippen LogP contribution is 2.44. The first-order valence-electron chi connectivity index (χ1n) is 11.6. The SMILES string of the molecule is CCOc1cc(C2/C(=C(\O)c3cc(Cl)c(OC)c(Cl)c3)C(=O)C(=O)N2Cc2ccc(OC)cc2)ccc1O. The van der Waals surface area contributed by atoms with Crippen LogP contribution in [0.4, 0.5) is 0 Å². The second-order valence-electron chi connectivity index (χ2n) is 8.41. The molecule has 1 aliphatic rings. The smallest absolute Gasteiger partial charge is 0.295 e.